The summed E-state index contributed by atoms with van der Waals surface area (Å²) >= 11 is 7.32. The third-order valence-electron chi connectivity index (χ3n) is 3.13. The molecule has 2 heterocycles. The van der Waals surface area contributed by atoms with E-state index in [0.29, 0.717) is 23.3 Å². The monoisotopic (exact) mass is 320 g/mol. The van der Waals surface area contributed by atoms with E-state index in [1.807, 2.05) is 17.5 Å². The SMILES string of the molecule is O=c1c2ccccc2nnn1CCCc1nc(CCl)cs1. The molecule has 0 unspecified atom stereocenters. The molecule has 2 aromatic heterocycles. The maximum Gasteiger partial charge on any atom is 0.277 e. The first-order valence-corrected chi connectivity index (χ1v) is 8.01. The average molecular weight is 321 g/mol. The minimum absolute atomic E-state index is 0.0961. The van der Waals surface area contributed by atoms with E-state index < -0.39 is 0 Å². The van der Waals surface area contributed by atoms with Crippen molar-refractivity contribution in [3.8, 4) is 0 Å². The van der Waals surface area contributed by atoms with Crippen molar-refractivity contribution in [2.45, 2.75) is 25.3 Å². The number of aryl methyl sites for hydroxylation is 2. The van der Waals surface area contributed by atoms with Crippen LogP contribution in [-0.4, -0.2) is 20.0 Å². The number of aromatic nitrogens is 4. The Morgan fingerprint density at radius 2 is 2.14 bits per heavy atom. The molecule has 0 aliphatic rings. The van der Waals surface area contributed by atoms with Gasteiger partial charge in [0.25, 0.3) is 5.56 Å². The van der Waals surface area contributed by atoms with Crippen molar-refractivity contribution in [3.05, 3.63) is 50.7 Å². The van der Waals surface area contributed by atoms with Gasteiger partial charge >= 0.3 is 0 Å². The van der Waals surface area contributed by atoms with Crippen LogP contribution in [0.4, 0.5) is 0 Å². The summed E-state index contributed by atoms with van der Waals surface area (Å²) in [5.74, 6) is 0.437. The Hall–Kier alpha value is -1.79. The second-order valence-electron chi connectivity index (χ2n) is 4.60. The molecule has 0 saturated carbocycles. The van der Waals surface area contributed by atoms with E-state index in [2.05, 4.69) is 15.3 Å². The third kappa shape index (κ3) is 3.11. The second kappa shape index (κ2) is 6.32. The van der Waals surface area contributed by atoms with Crippen molar-refractivity contribution < 1.29 is 0 Å². The number of alkyl halides is 1. The molecule has 21 heavy (non-hydrogen) atoms. The summed E-state index contributed by atoms with van der Waals surface area (Å²) < 4.78 is 1.42. The average Bonchev–Trinajstić information content (AvgIpc) is 2.98. The molecule has 0 atom stereocenters. The van der Waals surface area contributed by atoms with Crippen molar-refractivity contribution in [2.24, 2.45) is 0 Å². The number of fused-ring (bicyclic) bond motifs is 1. The zero-order valence-corrected chi connectivity index (χ0v) is 12.8. The van der Waals surface area contributed by atoms with E-state index in [1.54, 1.807) is 23.5 Å². The lowest BCUT2D eigenvalue weighted by Gasteiger charge is -2.03. The highest BCUT2D eigenvalue weighted by Crippen LogP contribution is 2.13. The fourth-order valence-corrected chi connectivity index (χ4v) is 3.14. The first-order chi connectivity index (χ1) is 10.3. The van der Waals surface area contributed by atoms with Crippen LogP contribution in [0.2, 0.25) is 0 Å². The van der Waals surface area contributed by atoms with Crippen molar-refractivity contribution >= 4 is 33.8 Å². The zero-order chi connectivity index (χ0) is 14.7. The van der Waals surface area contributed by atoms with Gasteiger partial charge in [0, 0.05) is 18.3 Å². The number of halogens is 1. The first-order valence-electron chi connectivity index (χ1n) is 6.59. The Balaban J connectivity index is 1.70. The molecule has 0 amide bonds. The minimum Gasteiger partial charge on any atom is -0.267 e. The fraction of sp³-hybridized carbons (Fsp3) is 0.286. The number of thiazole rings is 1. The molecular formula is C14H13ClN4OS. The van der Waals surface area contributed by atoms with Crippen molar-refractivity contribution in [3.63, 3.8) is 0 Å². The van der Waals surface area contributed by atoms with E-state index in [4.69, 9.17) is 11.6 Å². The molecule has 0 N–H and O–H groups in total. The van der Waals surface area contributed by atoms with Gasteiger partial charge in [-0.1, -0.05) is 17.3 Å². The van der Waals surface area contributed by atoms with Gasteiger partial charge in [0.1, 0.15) is 5.52 Å². The highest BCUT2D eigenvalue weighted by Gasteiger charge is 2.06. The standard InChI is InChI=1S/C14H13ClN4OS/c15-8-10-9-21-13(16-10)6-3-7-19-14(20)11-4-1-2-5-12(11)17-18-19/h1-2,4-5,9H,3,6-8H2. The molecule has 0 bridgehead atoms. The Morgan fingerprint density at radius 1 is 1.29 bits per heavy atom. The van der Waals surface area contributed by atoms with Crippen LogP contribution in [0.3, 0.4) is 0 Å². The molecule has 3 rings (SSSR count). The minimum atomic E-state index is -0.0961. The van der Waals surface area contributed by atoms with Crippen molar-refractivity contribution in [2.75, 3.05) is 0 Å². The topological polar surface area (TPSA) is 60.7 Å². The van der Waals surface area contributed by atoms with Gasteiger partial charge in [0.15, 0.2) is 0 Å². The van der Waals surface area contributed by atoms with Crippen molar-refractivity contribution in [1.29, 1.82) is 0 Å². The molecule has 7 heteroatoms. The molecule has 0 spiro atoms. The van der Waals surface area contributed by atoms with Gasteiger partial charge in [-0.05, 0) is 18.6 Å². The molecule has 1 aromatic carbocycles. The number of hydrogen-bond acceptors (Lipinski definition) is 5. The molecule has 0 saturated heterocycles. The summed E-state index contributed by atoms with van der Waals surface area (Å²) in [6.45, 7) is 0.534. The Morgan fingerprint density at radius 3 is 2.95 bits per heavy atom. The lowest BCUT2D eigenvalue weighted by atomic mass is 10.2. The van der Waals surface area contributed by atoms with Gasteiger partial charge in [-0.2, -0.15) is 0 Å². The molecule has 0 radical (unpaired) electrons. The van der Waals surface area contributed by atoms with Crippen molar-refractivity contribution in [1.82, 2.24) is 20.0 Å². The fourth-order valence-electron chi connectivity index (χ4n) is 2.07. The second-order valence-corrected chi connectivity index (χ2v) is 5.81. The predicted molar refractivity (Wildman–Crippen MR) is 83.8 cm³/mol. The molecule has 108 valence electrons. The summed E-state index contributed by atoms with van der Waals surface area (Å²) in [6.07, 6.45) is 1.60. The lowest BCUT2D eigenvalue weighted by molar-refractivity contribution is 0.524. The third-order valence-corrected chi connectivity index (χ3v) is 4.36. The number of benzene rings is 1. The van der Waals surface area contributed by atoms with Gasteiger partial charge in [0.05, 0.1) is 22.0 Å². The molecule has 3 aromatic rings. The van der Waals surface area contributed by atoms with Crippen LogP contribution in [0.5, 0.6) is 0 Å². The summed E-state index contributed by atoms with van der Waals surface area (Å²) in [6, 6.07) is 7.24. The van der Waals surface area contributed by atoms with Crippen LogP contribution in [0.25, 0.3) is 10.9 Å². The highest BCUT2D eigenvalue weighted by molar-refractivity contribution is 7.09. The van der Waals surface area contributed by atoms with E-state index in [1.165, 1.54) is 4.68 Å². The van der Waals surface area contributed by atoms with E-state index in [0.717, 1.165) is 23.5 Å². The lowest BCUT2D eigenvalue weighted by Crippen LogP contribution is -2.24. The molecule has 0 aliphatic carbocycles. The van der Waals surface area contributed by atoms with Crippen LogP contribution in [-0.2, 0) is 18.8 Å². The summed E-state index contributed by atoms with van der Waals surface area (Å²) in [7, 11) is 0. The van der Waals surface area contributed by atoms with Crippen LogP contribution < -0.4 is 5.56 Å². The predicted octanol–water partition coefficient (Wildman–Crippen LogP) is 2.62. The smallest absolute Gasteiger partial charge is 0.267 e. The molecule has 0 fully saturated rings. The van der Waals surface area contributed by atoms with Crippen LogP contribution >= 0.6 is 22.9 Å². The maximum atomic E-state index is 12.3. The Labute approximate surface area is 130 Å². The summed E-state index contributed by atoms with van der Waals surface area (Å²) in [5.41, 5.74) is 1.44. The first kappa shape index (κ1) is 14.2. The number of hydrogen-bond donors (Lipinski definition) is 0. The maximum absolute atomic E-state index is 12.3. The zero-order valence-electron chi connectivity index (χ0n) is 11.2. The van der Waals surface area contributed by atoms with Gasteiger partial charge < -0.3 is 0 Å². The molecule has 5 nitrogen and oxygen atoms in total. The van der Waals surface area contributed by atoms with Gasteiger partial charge in [-0.25, -0.2) is 9.67 Å². The Kier molecular flexibility index (Phi) is 4.26. The summed E-state index contributed by atoms with van der Waals surface area (Å²) in [5, 5.41) is 11.6. The highest BCUT2D eigenvalue weighted by atomic mass is 35.5. The molecule has 0 aliphatic heterocycles. The quantitative estimate of drug-likeness (QED) is 0.678. The van der Waals surface area contributed by atoms with Crippen LogP contribution in [0.1, 0.15) is 17.1 Å². The van der Waals surface area contributed by atoms with Gasteiger partial charge in [-0.15, -0.1) is 28.0 Å². The van der Waals surface area contributed by atoms with Gasteiger partial charge in [-0.3, -0.25) is 4.79 Å². The van der Waals surface area contributed by atoms with E-state index >= 15 is 0 Å². The van der Waals surface area contributed by atoms with Crippen LogP contribution in [0.15, 0.2) is 34.4 Å². The summed E-state index contributed by atoms with van der Waals surface area (Å²) in [4.78, 5) is 16.6. The van der Waals surface area contributed by atoms with E-state index in [9.17, 15) is 4.79 Å². The van der Waals surface area contributed by atoms with Crippen LogP contribution in [0, 0.1) is 0 Å². The normalized spacial score (nSPS) is 11.1. The number of rotatable bonds is 5. The number of nitrogens with zero attached hydrogens (tertiary/aromatic N) is 4. The van der Waals surface area contributed by atoms with E-state index in [-0.39, 0.29) is 5.56 Å². The Bertz CT molecular complexity index is 814. The van der Waals surface area contributed by atoms with Gasteiger partial charge in [0.2, 0.25) is 0 Å². The molecular weight excluding hydrogens is 308 g/mol. The largest absolute Gasteiger partial charge is 0.277 e.